The first-order valence-electron chi connectivity index (χ1n) is 5.35. The zero-order valence-corrected chi connectivity index (χ0v) is 10.1. The second kappa shape index (κ2) is 4.10. The quantitative estimate of drug-likeness (QED) is 0.677. The monoisotopic (exact) mass is 216 g/mol. The Bertz CT molecular complexity index is 249. The summed E-state index contributed by atoms with van der Waals surface area (Å²) in [7, 11) is 0. The Kier molecular flexibility index (Phi) is 3.41. The van der Waals surface area contributed by atoms with Crippen molar-refractivity contribution in [3.8, 4) is 0 Å². The van der Waals surface area contributed by atoms with Crippen molar-refractivity contribution in [1.82, 2.24) is 0 Å². The summed E-state index contributed by atoms with van der Waals surface area (Å²) in [4.78, 5) is 11.6. The fourth-order valence-electron chi connectivity index (χ4n) is 1.41. The molecular formula is C11H20O4. The van der Waals surface area contributed by atoms with E-state index in [0.29, 0.717) is 0 Å². The number of carbonyl (C=O) groups excluding carboxylic acids is 1. The van der Waals surface area contributed by atoms with Gasteiger partial charge in [-0.15, -0.1) is 0 Å². The van der Waals surface area contributed by atoms with Gasteiger partial charge in [-0.1, -0.05) is 13.8 Å². The van der Waals surface area contributed by atoms with Crippen molar-refractivity contribution in [1.29, 1.82) is 0 Å². The van der Waals surface area contributed by atoms with Gasteiger partial charge in [-0.05, 0) is 20.3 Å². The van der Waals surface area contributed by atoms with E-state index in [0.717, 1.165) is 6.42 Å². The molecule has 0 aromatic heterocycles. The van der Waals surface area contributed by atoms with Crippen LogP contribution in [-0.2, 0) is 19.0 Å². The maximum absolute atomic E-state index is 11.6. The van der Waals surface area contributed by atoms with Gasteiger partial charge in [0.2, 0.25) is 5.79 Å². The number of ether oxygens (including phenoxy) is 3. The lowest BCUT2D eigenvalue weighted by atomic mass is 10.1. The Labute approximate surface area is 90.9 Å². The molecule has 4 heteroatoms. The molecule has 1 heterocycles. The fraction of sp³-hybridized carbons (Fsp3) is 0.909. The van der Waals surface area contributed by atoms with Gasteiger partial charge in [0.1, 0.15) is 6.61 Å². The zero-order chi connectivity index (χ0) is 11.7. The highest BCUT2D eigenvalue weighted by Crippen LogP contribution is 2.32. The van der Waals surface area contributed by atoms with Crippen molar-refractivity contribution in [3.05, 3.63) is 0 Å². The molecule has 15 heavy (non-hydrogen) atoms. The maximum Gasteiger partial charge on any atom is 0.311 e. The third-order valence-corrected chi connectivity index (χ3v) is 2.47. The minimum Gasteiger partial charge on any atom is -0.430 e. The molecule has 1 fully saturated rings. The maximum atomic E-state index is 11.6. The molecule has 0 radical (unpaired) electrons. The van der Waals surface area contributed by atoms with Crippen LogP contribution >= 0.6 is 0 Å². The van der Waals surface area contributed by atoms with Gasteiger partial charge in [0.25, 0.3) is 0 Å². The molecule has 0 aromatic carbocycles. The summed E-state index contributed by atoms with van der Waals surface area (Å²) in [5.41, 5.74) is 0. The van der Waals surface area contributed by atoms with E-state index in [2.05, 4.69) is 0 Å². The molecule has 4 nitrogen and oxygen atoms in total. The smallest absolute Gasteiger partial charge is 0.311 e. The van der Waals surface area contributed by atoms with Crippen molar-refractivity contribution in [3.63, 3.8) is 0 Å². The van der Waals surface area contributed by atoms with Crippen LogP contribution in [0.3, 0.4) is 0 Å². The van der Waals surface area contributed by atoms with Gasteiger partial charge in [-0.25, -0.2) is 0 Å². The van der Waals surface area contributed by atoms with Crippen molar-refractivity contribution in [2.75, 3.05) is 6.61 Å². The topological polar surface area (TPSA) is 44.8 Å². The molecule has 0 spiro atoms. The molecule has 1 aliphatic rings. The van der Waals surface area contributed by atoms with Crippen molar-refractivity contribution >= 4 is 5.97 Å². The van der Waals surface area contributed by atoms with E-state index in [1.165, 1.54) is 0 Å². The van der Waals surface area contributed by atoms with Crippen LogP contribution in [-0.4, -0.2) is 24.2 Å². The molecule has 0 N–H and O–H groups in total. The van der Waals surface area contributed by atoms with E-state index in [4.69, 9.17) is 14.2 Å². The second-order valence-electron chi connectivity index (χ2n) is 4.65. The summed E-state index contributed by atoms with van der Waals surface area (Å²) in [6, 6.07) is 0. The summed E-state index contributed by atoms with van der Waals surface area (Å²) in [5.74, 6) is -1.95. The Balaban J connectivity index is 2.55. The van der Waals surface area contributed by atoms with Crippen LogP contribution in [0, 0.1) is 5.92 Å². The predicted octanol–water partition coefficient (Wildman–Crippen LogP) is 2.07. The Morgan fingerprint density at radius 3 is 2.47 bits per heavy atom. The Morgan fingerprint density at radius 1 is 1.47 bits per heavy atom. The van der Waals surface area contributed by atoms with E-state index in [-0.39, 0.29) is 18.5 Å². The molecule has 0 saturated carbocycles. The zero-order valence-electron chi connectivity index (χ0n) is 10.1. The van der Waals surface area contributed by atoms with Crippen molar-refractivity contribution in [2.45, 2.75) is 52.6 Å². The lowest BCUT2D eigenvalue weighted by Crippen LogP contribution is -2.37. The normalized spacial score (nSPS) is 31.3. The lowest BCUT2D eigenvalue weighted by Gasteiger charge is -2.26. The van der Waals surface area contributed by atoms with Crippen LogP contribution in [0.2, 0.25) is 0 Å². The van der Waals surface area contributed by atoms with Gasteiger partial charge >= 0.3 is 5.97 Å². The first-order chi connectivity index (χ1) is 6.78. The van der Waals surface area contributed by atoms with Gasteiger partial charge in [0.15, 0.2) is 5.79 Å². The average molecular weight is 216 g/mol. The Morgan fingerprint density at radius 2 is 2.07 bits per heavy atom. The molecule has 0 amide bonds. The third kappa shape index (κ3) is 3.18. The fourth-order valence-corrected chi connectivity index (χ4v) is 1.41. The molecule has 2 atom stereocenters. The summed E-state index contributed by atoms with van der Waals surface area (Å²) < 4.78 is 16.2. The molecule has 0 aromatic rings. The Hall–Kier alpha value is -0.610. The summed E-state index contributed by atoms with van der Waals surface area (Å²) in [6.45, 7) is 9.39. The minimum absolute atomic E-state index is 0.103. The molecule has 1 aliphatic heterocycles. The number of esters is 1. The van der Waals surface area contributed by atoms with E-state index in [1.54, 1.807) is 20.8 Å². The van der Waals surface area contributed by atoms with Crippen molar-refractivity contribution in [2.24, 2.45) is 5.92 Å². The van der Waals surface area contributed by atoms with E-state index >= 15 is 0 Å². The lowest BCUT2D eigenvalue weighted by molar-refractivity contribution is -0.240. The molecule has 0 aliphatic carbocycles. The highest BCUT2D eigenvalue weighted by Gasteiger charge is 2.45. The summed E-state index contributed by atoms with van der Waals surface area (Å²) in [6.07, 6.45) is 0.763. The number of rotatable bonds is 3. The van der Waals surface area contributed by atoms with Gasteiger partial charge in [-0.2, -0.15) is 0 Å². The summed E-state index contributed by atoms with van der Waals surface area (Å²) in [5, 5.41) is 0. The molecule has 0 bridgehead atoms. The van der Waals surface area contributed by atoms with Crippen LogP contribution in [0.4, 0.5) is 0 Å². The van der Waals surface area contributed by atoms with Crippen LogP contribution in [0.5, 0.6) is 0 Å². The second-order valence-corrected chi connectivity index (χ2v) is 4.65. The van der Waals surface area contributed by atoms with Gasteiger partial charge in [-0.3, -0.25) is 4.79 Å². The first-order valence-corrected chi connectivity index (χ1v) is 5.35. The van der Waals surface area contributed by atoms with Crippen LogP contribution in [0.25, 0.3) is 0 Å². The van der Waals surface area contributed by atoms with Crippen LogP contribution in [0.1, 0.15) is 41.0 Å². The van der Waals surface area contributed by atoms with Gasteiger partial charge < -0.3 is 14.2 Å². The van der Waals surface area contributed by atoms with E-state index in [1.807, 2.05) is 13.8 Å². The SMILES string of the molecule is CCC(C)C(=O)OC1(C)COC(C)(C)O1. The van der Waals surface area contributed by atoms with Crippen LogP contribution < -0.4 is 0 Å². The molecule has 88 valence electrons. The molecular weight excluding hydrogens is 196 g/mol. The van der Waals surface area contributed by atoms with Gasteiger partial charge in [0, 0.05) is 6.92 Å². The number of hydrogen-bond donors (Lipinski definition) is 0. The predicted molar refractivity (Wildman–Crippen MR) is 55.1 cm³/mol. The highest BCUT2D eigenvalue weighted by molar-refractivity contribution is 5.72. The summed E-state index contributed by atoms with van der Waals surface area (Å²) >= 11 is 0. The van der Waals surface area contributed by atoms with Crippen LogP contribution in [0.15, 0.2) is 0 Å². The minimum atomic E-state index is -0.940. The number of carbonyl (C=O) groups is 1. The third-order valence-electron chi connectivity index (χ3n) is 2.47. The van der Waals surface area contributed by atoms with Crippen molar-refractivity contribution < 1.29 is 19.0 Å². The van der Waals surface area contributed by atoms with E-state index in [9.17, 15) is 4.79 Å². The standard InChI is InChI=1S/C11H20O4/c1-6-8(2)9(12)14-11(5)7-13-10(3,4)15-11/h8H,6-7H2,1-5H3. The first kappa shape index (κ1) is 12.5. The highest BCUT2D eigenvalue weighted by atomic mass is 16.8. The average Bonchev–Trinajstić information content (AvgIpc) is 2.39. The largest absolute Gasteiger partial charge is 0.430 e. The van der Waals surface area contributed by atoms with Gasteiger partial charge in [0.05, 0.1) is 5.92 Å². The number of hydrogen-bond acceptors (Lipinski definition) is 4. The van der Waals surface area contributed by atoms with E-state index < -0.39 is 11.6 Å². The molecule has 1 saturated heterocycles. The molecule has 2 unspecified atom stereocenters. The molecule has 1 rings (SSSR count).